The van der Waals surface area contributed by atoms with Crippen LogP contribution in [0.3, 0.4) is 0 Å². The number of aliphatic carboxylic acids is 1. The summed E-state index contributed by atoms with van der Waals surface area (Å²) in [6.07, 6.45) is 2.48. The number of ether oxygens (including phenoxy) is 1. The highest BCUT2D eigenvalue weighted by Crippen LogP contribution is 2.13. The summed E-state index contributed by atoms with van der Waals surface area (Å²) in [4.78, 5) is 14.1. The molecule has 5 heteroatoms. The summed E-state index contributed by atoms with van der Waals surface area (Å²) in [6.45, 7) is 0.586. The molecule has 2 rings (SSSR count). The predicted octanol–water partition coefficient (Wildman–Crippen LogP) is 1.98. The van der Waals surface area contributed by atoms with Crippen LogP contribution in [0, 0.1) is 0 Å². The molecule has 20 heavy (non-hydrogen) atoms. The highest BCUT2D eigenvalue weighted by molar-refractivity contribution is 5.74. The van der Waals surface area contributed by atoms with Crippen molar-refractivity contribution >= 4 is 5.97 Å². The van der Waals surface area contributed by atoms with Crippen molar-refractivity contribution in [3.63, 3.8) is 0 Å². The SMILES string of the molecule is COc1ccc(CCNC(C(=O)O)c2ccc[nH]2)cc1. The number of hydrogen-bond acceptors (Lipinski definition) is 3. The number of carboxylic acids is 1. The summed E-state index contributed by atoms with van der Waals surface area (Å²) >= 11 is 0. The van der Waals surface area contributed by atoms with E-state index in [0.717, 1.165) is 17.7 Å². The van der Waals surface area contributed by atoms with Gasteiger partial charge in [-0.2, -0.15) is 0 Å². The number of carbonyl (C=O) groups is 1. The smallest absolute Gasteiger partial charge is 0.326 e. The van der Waals surface area contributed by atoms with Gasteiger partial charge in [0.2, 0.25) is 0 Å². The summed E-state index contributed by atoms with van der Waals surface area (Å²) in [5.41, 5.74) is 1.79. The maximum atomic E-state index is 11.2. The number of methoxy groups -OCH3 is 1. The lowest BCUT2D eigenvalue weighted by Gasteiger charge is -2.13. The molecule has 0 bridgehead atoms. The van der Waals surface area contributed by atoms with Gasteiger partial charge in [-0.25, -0.2) is 0 Å². The minimum absolute atomic E-state index is 0.586. The highest BCUT2D eigenvalue weighted by atomic mass is 16.5. The van der Waals surface area contributed by atoms with Gasteiger partial charge in [0.25, 0.3) is 0 Å². The first kappa shape index (κ1) is 14.1. The second-order valence-electron chi connectivity index (χ2n) is 4.45. The molecule has 0 aliphatic heterocycles. The van der Waals surface area contributed by atoms with E-state index in [2.05, 4.69) is 10.3 Å². The average molecular weight is 274 g/mol. The Balaban J connectivity index is 1.88. The normalized spacial score (nSPS) is 12.1. The number of benzene rings is 1. The van der Waals surface area contributed by atoms with Gasteiger partial charge < -0.3 is 14.8 Å². The highest BCUT2D eigenvalue weighted by Gasteiger charge is 2.19. The zero-order valence-corrected chi connectivity index (χ0v) is 11.3. The molecule has 1 heterocycles. The van der Waals surface area contributed by atoms with Crippen LogP contribution in [0.25, 0.3) is 0 Å². The molecule has 1 aromatic heterocycles. The second kappa shape index (κ2) is 6.77. The van der Waals surface area contributed by atoms with E-state index in [0.29, 0.717) is 12.2 Å². The quantitative estimate of drug-likeness (QED) is 0.721. The van der Waals surface area contributed by atoms with Crippen molar-refractivity contribution in [3.05, 3.63) is 53.9 Å². The Kier molecular flexibility index (Phi) is 4.79. The first-order valence-electron chi connectivity index (χ1n) is 6.43. The van der Waals surface area contributed by atoms with Gasteiger partial charge in [0.05, 0.1) is 7.11 Å². The van der Waals surface area contributed by atoms with Crippen molar-refractivity contribution in [2.45, 2.75) is 12.5 Å². The number of H-pyrrole nitrogens is 1. The first-order chi connectivity index (χ1) is 9.70. The van der Waals surface area contributed by atoms with Gasteiger partial charge in [0.15, 0.2) is 0 Å². The fourth-order valence-electron chi connectivity index (χ4n) is 2.01. The predicted molar refractivity (Wildman–Crippen MR) is 75.9 cm³/mol. The van der Waals surface area contributed by atoms with Crippen molar-refractivity contribution in [2.24, 2.45) is 0 Å². The summed E-state index contributed by atoms with van der Waals surface area (Å²) in [6, 6.07) is 10.6. The monoisotopic (exact) mass is 274 g/mol. The lowest BCUT2D eigenvalue weighted by Crippen LogP contribution is -2.30. The van der Waals surface area contributed by atoms with E-state index < -0.39 is 12.0 Å². The van der Waals surface area contributed by atoms with Crippen molar-refractivity contribution in [2.75, 3.05) is 13.7 Å². The van der Waals surface area contributed by atoms with E-state index in [1.165, 1.54) is 0 Å². The summed E-state index contributed by atoms with van der Waals surface area (Å²) in [5, 5.41) is 12.2. The molecule has 0 aliphatic rings. The molecule has 0 amide bonds. The van der Waals surface area contributed by atoms with Crippen molar-refractivity contribution < 1.29 is 14.6 Å². The van der Waals surface area contributed by atoms with Crippen LogP contribution in [0.15, 0.2) is 42.6 Å². The van der Waals surface area contributed by atoms with E-state index in [4.69, 9.17) is 4.74 Å². The molecule has 0 spiro atoms. The van der Waals surface area contributed by atoms with Crippen LogP contribution in [0.2, 0.25) is 0 Å². The second-order valence-corrected chi connectivity index (χ2v) is 4.45. The molecule has 1 unspecified atom stereocenters. The van der Waals surface area contributed by atoms with Crippen LogP contribution >= 0.6 is 0 Å². The Morgan fingerprint density at radius 2 is 2.10 bits per heavy atom. The Morgan fingerprint density at radius 3 is 2.65 bits per heavy atom. The Hall–Kier alpha value is -2.27. The van der Waals surface area contributed by atoms with E-state index in [9.17, 15) is 9.90 Å². The Bertz CT molecular complexity index is 535. The molecule has 2 aromatic rings. The van der Waals surface area contributed by atoms with Crippen LogP contribution in [-0.4, -0.2) is 29.7 Å². The molecule has 5 nitrogen and oxygen atoms in total. The molecular weight excluding hydrogens is 256 g/mol. The number of hydrogen-bond donors (Lipinski definition) is 3. The molecule has 106 valence electrons. The van der Waals surface area contributed by atoms with Crippen LogP contribution in [-0.2, 0) is 11.2 Å². The van der Waals surface area contributed by atoms with Crippen molar-refractivity contribution in [3.8, 4) is 5.75 Å². The van der Waals surface area contributed by atoms with E-state index >= 15 is 0 Å². The van der Waals surface area contributed by atoms with Crippen LogP contribution in [0.4, 0.5) is 0 Å². The topological polar surface area (TPSA) is 74.3 Å². The number of rotatable bonds is 7. The van der Waals surface area contributed by atoms with Gasteiger partial charge in [0, 0.05) is 18.4 Å². The lowest BCUT2D eigenvalue weighted by atomic mass is 10.1. The number of carboxylic acid groups (broad SMARTS) is 1. The van der Waals surface area contributed by atoms with Gasteiger partial charge in [-0.05, 0) is 36.2 Å². The van der Waals surface area contributed by atoms with E-state index in [1.807, 2.05) is 24.3 Å². The fourth-order valence-corrected chi connectivity index (χ4v) is 2.01. The first-order valence-corrected chi connectivity index (χ1v) is 6.43. The Labute approximate surface area is 117 Å². The molecule has 1 aromatic carbocycles. The lowest BCUT2D eigenvalue weighted by molar-refractivity contribution is -0.139. The summed E-state index contributed by atoms with van der Waals surface area (Å²) in [7, 11) is 1.63. The van der Waals surface area contributed by atoms with Crippen LogP contribution in [0.1, 0.15) is 17.3 Å². The minimum Gasteiger partial charge on any atom is -0.497 e. The van der Waals surface area contributed by atoms with Crippen molar-refractivity contribution in [1.29, 1.82) is 0 Å². The number of aromatic amines is 1. The van der Waals surface area contributed by atoms with Gasteiger partial charge in [-0.1, -0.05) is 12.1 Å². The van der Waals surface area contributed by atoms with E-state index in [1.54, 1.807) is 25.4 Å². The zero-order valence-electron chi connectivity index (χ0n) is 11.3. The molecular formula is C15H18N2O3. The largest absolute Gasteiger partial charge is 0.497 e. The molecule has 0 aliphatic carbocycles. The van der Waals surface area contributed by atoms with Crippen molar-refractivity contribution in [1.82, 2.24) is 10.3 Å². The van der Waals surface area contributed by atoms with Crippen LogP contribution in [0.5, 0.6) is 5.75 Å². The average Bonchev–Trinajstić information content (AvgIpc) is 2.97. The maximum absolute atomic E-state index is 11.2. The third-order valence-corrected chi connectivity index (χ3v) is 3.10. The molecule has 1 atom stereocenters. The number of aromatic nitrogens is 1. The third-order valence-electron chi connectivity index (χ3n) is 3.10. The summed E-state index contributed by atoms with van der Waals surface area (Å²) in [5.74, 6) is -0.0707. The molecule has 0 saturated heterocycles. The van der Waals surface area contributed by atoms with E-state index in [-0.39, 0.29) is 0 Å². The fraction of sp³-hybridized carbons (Fsp3) is 0.267. The van der Waals surface area contributed by atoms with Gasteiger partial charge in [-0.3, -0.25) is 10.1 Å². The van der Waals surface area contributed by atoms with Crippen LogP contribution < -0.4 is 10.1 Å². The van der Waals surface area contributed by atoms with Gasteiger partial charge >= 0.3 is 5.97 Å². The molecule has 0 fully saturated rings. The van der Waals surface area contributed by atoms with Gasteiger partial charge in [-0.15, -0.1) is 0 Å². The molecule has 0 saturated carbocycles. The zero-order chi connectivity index (χ0) is 14.4. The minimum atomic E-state index is -0.887. The number of nitrogens with one attached hydrogen (secondary N) is 2. The molecule has 3 N–H and O–H groups in total. The maximum Gasteiger partial charge on any atom is 0.326 e. The van der Waals surface area contributed by atoms with Gasteiger partial charge in [0.1, 0.15) is 11.8 Å². The summed E-state index contributed by atoms with van der Waals surface area (Å²) < 4.78 is 5.09. The standard InChI is InChI=1S/C15H18N2O3/c1-20-12-6-4-11(5-7-12)8-10-17-14(15(18)19)13-3-2-9-16-13/h2-7,9,14,16-17H,8,10H2,1H3,(H,18,19). The molecule has 0 radical (unpaired) electrons. The third kappa shape index (κ3) is 3.61. The Morgan fingerprint density at radius 1 is 1.35 bits per heavy atom.